The minimum Gasteiger partial charge on any atom is -0.495 e. The molecule has 0 amide bonds. The Morgan fingerprint density at radius 3 is 2.67 bits per heavy atom. The number of ether oxygens (including phenoxy) is 1. The van der Waals surface area contributed by atoms with Crippen LogP contribution in [0.5, 0.6) is 5.75 Å². The maximum atomic E-state index is 12.6. The molecule has 0 saturated heterocycles. The molecule has 1 aromatic heterocycles. The third kappa shape index (κ3) is 2.87. The van der Waals surface area contributed by atoms with Crippen LogP contribution in [0.4, 0.5) is 14.5 Å². The fraction of sp³-hybridized carbons (Fsp3) is 0.333. The van der Waals surface area contributed by atoms with Gasteiger partial charge in [0.25, 0.3) is 12.1 Å². The smallest absolute Gasteiger partial charge is 0.309 e. The van der Waals surface area contributed by atoms with Crippen LogP contribution in [0.15, 0.2) is 6.07 Å². The third-order valence-corrected chi connectivity index (χ3v) is 2.01. The minimum absolute atomic E-state index is 0.214. The van der Waals surface area contributed by atoms with Crippen molar-refractivity contribution in [2.45, 2.75) is 12.8 Å². The van der Waals surface area contributed by atoms with Gasteiger partial charge in [0, 0.05) is 0 Å². The summed E-state index contributed by atoms with van der Waals surface area (Å²) in [4.78, 5) is 23.4. The Kier molecular flexibility index (Phi) is 4.08. The lowest BCUT2D eigenvalue weighted by molar-refractivity contribution is -0.386. The Balaban J connectivity index is 3.41. The van der Waals surface area contributed by atoms with Gasteiger partial charge in [0.15, 0.2) is 5.69 Å². The first-order valence-corrected chi connectivity index (χ1v) is 4.59. The lowest BCUT2D eigenvalue weighted by Gasteiger charge is -2.08. The molecular formula is C9H8F2N2O5. The number of methoxy groups -OCH3 is 1. The first-order valence-electron chi connectivity index (χ1n) is 4.59. The van der Waals surface area contributed by atoms with Gasteiger partial charge in [-0.3, -0.25) is 14.9 Å². The number of pyridine rings is 1. The van der Waals surface area contributed by atoms with E-state index in [1.807, 2.05) is 0 Å². The van der Waals surface area contributed by atoms with Gasteiger partial charge < -0.3 is 9.84 Å². The molecule has 0 unspecified atom stereocenters. The predicted octanol–water partition coefficient (Wildman–Crippen LogP) is 1.56. The molecule has 0 aliphatic heterocycles. The normalized spacial score (nSPS) is 10.4. The molecule has 1 N–H and O–H groups in total. The van der Waals surface area contributed by atoms with E-state index in [0.717, 1.165) is 13.2 Å². The van der Waals surface area contributed by atoms with E-state index in [9.17, 15) is 23.7 Å². The van der Waals surface area contributed by atoms with Crippen molar-refractivity contribution < 1.29 is 28.3 Å². The van der Waals surface area contributed by atoms with Crippen LogP contribution in [0.25, 0.3) is 0 Å². The van der Waals surface area contributed by atoms with Crippen LogP contribution in [0, 0.1) is 10.1 Å². The van der Waals surface area contributed by atoms with Crippen LogP contribution in [0.1, 0.15) is 17.8 Å². The molecule has 0 saturated carbocycles. The van der Waals surface area contributed by atoms with Gasteiger partial charge in [-0.15, -0.1) is 0 Å². The van der Waals surface area contributed by atoms with Crippen molar-refractivity contribution in [2.24, 2.45) is 0 Å². The Morgan fingerprint density at radius 1 is 1.67 bits per heavy atom. The zero-order valence-electron chi connectivity index (χ0n) is 9.09. The lowest BCUT2D eigenvalue weighted by atomic mass is 10.2. The molecule has 18 heavy (non-hydrogen) atoms. The monoisotopic (exact) mass is 262 g/mol. The lowest BCUT2D eigenvalue weighted by Crippen LogP contribution is -2.09. The van der Waals surface area contributed by atoms with E-state index in [2.05, 4.69) is 4.98 Å². The molecule has 0 spiro atoms. The van der Waals surface area contributed by atoms with E-state index in [4.69, 9.17) is 9.84 Å². The SMILES string of the molecule is COc1cc([N+](=O)[O-])c(C(F)F)nc1CC(=O)O. The Labute approximate surface area is 99.2 Å². The molecule has 0 fully saturated rings. The van der Waals surface area contributed by atoms with Crippen molar-refractivity contribution in [1.29, 1.82) is 0 Å². The Bertz CT molecular complexity index is 492. The number of aromatic nitrogens is 1. The molecule has 7 nitrogen and oxygen atoms in total. The number of halogens is 2. The van der Waals surface area contributed by atoms with Crippen LogP contribution >= 0.6 is 0 Å². The molecule has 0 atom stereocenters. The van der Waals surface area contributed by atoms with Gasteiger partial charge in [0.2, 0.25) is 0 Å². The summed E-state index contributed by atoms with van der Waals surface area (Å²) in [5, 5.41) is 19.2. The first-order chi connectivity index (χ1) is 8.36. The van der Waals surface area contributed by atoms with Crippen molar-refractivity contribution in [3.63, 3.8) is 0 Å². The van der Waals surface area contributed by atoms with Crippen molar-refractivity contribution in [3.05, 3.63) is 27.6 Å². The maximum absolute atomic E-state index is 12.6. The number of hydrogen-bond acceptors (Lipinski definition) is 5. The van der Waals surface area contributed by atoms with E-state index in [-0.39, 0.29) is 11.4 Å². The highest BCUT2D eigenvalue weighted by molar-refractivity contribution is 5.71. The maximum Gasteiger partial charge on any atom is 0.309 e. The zero-order valence-corrected chi connectivity index (χ0v) is 9.09. The molecule has 1 aromatic rings. The van der Waals surface area contributed by atoms with E-state index in [1.165, 1.54) is 0 Å². The van der Waals surface area contributed by atoms with Crippen LogP contribution in [-0.4, -0.2) is 28.1 Å². The second-order valence-electron chi connectivity index (χ2n) is 3.17. The summed E-state index contributed by atoms with van der Waals surface area (Å²) < 4.78 is 29.9. The van der Waals surface area contributed by atoms with Gasteiger partial charge in [-0.05, 0) is 0 Å². The third-order valence-electron chi connectivity index (χ3n) is 2.01. The van der Waals surface area contributed by atoms with E-state index in [0.29, 0.717) is 0 Å². The molecule has 9 heteroatoms. The topological polar surface area (TPSA) is 103 Å². The summed E-state index contributed by atoms with van der Waals surface area (Å²) in [5.41, 5.74) is -2.26. The minimum atomic E-state index is -3.18. The van der Waals surface area contributed by atoms with Crippen molar-refractivity contribution in [3.8, 4) is 5.75 Å². The standard InChI is InChI=1S/C9H8F2N2O5/c1-18-6-3-5(13(16)17)8(9(10)11)12-4(6)2-7(14)15/h3,9H,2H2,1H3,(H,14,15). The molecule has 0 aliphatic rings. The summed E-state index contributed by atoms with van der Waals surface area (Å²) in [5.74, 6) is -1.52. The molecule has 0 bridgehead atoms. The highest BCUT2D eigenvalue weighted by Crippen LogP contribution is 2.32. The average Bonchev–Trinajstić information content (AvgIpc) is 2.27. The second-order valence-corrected chi connectivity index (χ2v) is 3.17. The van der Waals surface area contributed by atoms with E-state index < -0.39 is 35.1 Å². The molecule has 0 radical (unpaired) electrons. The highest BCUT2D eigenvalue weighted by atomic mass is 19.3. The number of rotatable bonds is 5. The largest absolute Gasteiger partial charge is 0.495 e. The van der Waals surface area contributed by atoms with Crippen LogP contribution in [0.3, 0.4) is 0 Å². The van der Waals surface area contributed by atoms with Crippen LogP contribution < -0.4 is 4.74 Å². The number of carboxylic acids is 1. The van der Waals surface area contributed by atoms with Crippen LogP contribution in [0.2, 0.25) is 0 Å². The number of carbonyl (C=O) groups is 1. The second kappa shape index (κ2) is 5.34. The molecule has 1 rings (SSSR count). The zero-order chi connectivity index (χ0) is 13.9. The molecule has 98 valence electrons. The molecule has 0 aromatic carbocycles. The van der Waals surface area contributed by atoms with Crippen molar-refractivity contribution >= 4 is 11.7 Å². The fourth-order valence-electron chi connectivity index (χ4n) is 1.29. The van der Waals surface area contributed by atoms with E-state index >= 15 is 0 Å². The van der Waals surface area contributed by atoms with Gasteiger partial charge in [0.1, 0.15) is 5.75 Å². The summed E-state index contributed by atoms with van der Waals surface area (Å²) in [6.45, 7) is 0. The number of carboxylic acid groups (broad SMARTS) is 1. The van der Waals surface area contributed by atoms with E-state index in [1.54, 1.807) is 0 Å². The number of nitro groups is 1. The number of nitrogens with zero attached hydrogens (tertiary/aromatic N) is 2. The number of hydrogen-bond donors (Lipinski definition) is 1. The van der Waals surface area contributed by atoms with Gasteiger partial charge in [-0.2, -0.15) is 0 Å². The summed E-state index contributed by atoms with van der Waals surface area (Å²) >= 11 is 0. The van der Waals surface area contributed by atoms with Gasteiger partial charge >= 0.3 is 5.97 Å². The average molecular weight is 262 g/mol. The summed E-state index contributed by atoms with van der Waals surface area (Å²) in [6.07, 6.45) is -3.84. The van der Waals surface area contributed by atoms with Gasteiger partial charge in [-0.1, -0.05) is 0 Å². The number of alkyl halides is 2. The van der Waals surface area contributed by atoms with Gasteiger partial charge in [-0.25, -0.2) is 13.8 Å². The van der Waals surface area contributed by atoms with Gasteiger partial charge in [0.05, 0.1) is 30.2 Å². The molecule has 0 aliphatic carbocycles. The Hall–Kier alpha value is -2.32. The molecule has 1 heterocycles. The highest BCUT2D eigenvalue weighted by Gasteiger charge is 2.27. The quantitative estimate of drug-likeness (QED) is 0.638. The summed E-state index contributed by atoms with van der Waals surface area (Å²) in [7, 11) is 1.13. The van der Waals surface area contributed by atoms with Crippen LogP contribution in [-0.2, 0) is 11.2 Å². The summed E-state index contributed by atoms with van der Waals surface area (Å²) in [6, 6.07) is 0.743. The predicted molar refractivity (Wildman–Crippen MR) is 53.7 cm³/mol. The van der Waals surface area contributed by atoms with Crippen molar-refractivity contribution in [1.82, 2.24) is 4.98 Å². The molecular weight excluding hydrogens is 254 g/mol. The fourth-order valence-corrected chi connectivity index (χ4v) is 1.29. The first kappa shape index (κ1) is 13.7. The number of aliphatic carboxylic acids is 1. The van der Waals surface area contributed by atoms with Crippen molar-refractivity contribution in [2.75, 3.05) is 7.11 Å². The Morgan fingerprint density at radius 2 is 2.28 bits per heavy atom.